The van der Waals surface area contributed by atoms with Gasteiger partial charge >= 0.3 is 5.97 Å². The van der Waals surface area contributed by atoms with E-state index in [9.17, 15) is 9.59 Å². The fraction of sp³-hybridized carbons (Fsp3) is 0.222. The van der Waals surface area contributed by atoms with Crippen LogP contribution in [0.5, 0.6) is 0 Å². The standard InChI is InChI=1S/C18H18ClNO3/c1-23-18(22)16(11-14-7-9-15(19)10-8-14)20-17(21)12-13-5-3-2-4-6-13/h2-10,16H,11-12H2,1H3,(H,20,21)/t16-/m0/s1. The summed E-state index contributed by atoms with van der Waals surface area (Å²) in [4.78, 5) is 24.1. The van der Waals surface area contributed by atoms with Crippen LogP contribution in [-0.4, -0.2) is 25.0 Å². The molecule has 1 atom stereocenters. The van der Waals surface area contributed by atoms with Gasteiger partial charge in [0.2, 0.25) is 5.91 Å². The molecule has 2 aromatic rings. The number of rotatable bonds is 6. The van der Waals surface area contributed by atoms with Gasteiger partial charge in [0.1, 0.15) is 6.04 Å². The highest BCUT2D eigenvalue weighted by Crippen LogP contribution is 2.12. The van der Waals surface area contributed by atoms with E-state index in [1.54, 1.807) is 12.1 Å². The second-order valence-corrected chi connectivity index (χ2v) is 5.57. The Hall–Kier alpha value is -2.33. The van der Waals surface area contributed by atoms with E-state index in [2.05, 4.69) is 5.32 Å². The lowest BCUT2D eigenvalue weighted by molar-refractivity contribution is -0.145. The average molecular weight is 332 g/mol. The molecule has 0 spiro atoms. The molecule has 1 N–H and O–H groups in total. The van der Waals surface area contributed by atoms with E-state index < -0.39 is 12.0 Å². The number of hydrogen-bond donors (Lipinski definition) is 1. The van der Waals surface area contributed by atoms with Crippen molar-refractivity contribution in [3.05, 3.63) is 70.7 Å². The van der Waals surface area contributed by atoms with Gasteiger partial charge in [-0.25, -0.2) is 4.79 Å². The lowest BCUT2D eigenvalue weighted by atomic mass is 10.1. The Morgan fingerprint density at radius 2 is 1.70 bits per heavy atom. The zero-order chi connectivity index (χ0) is 16.7. The van der Waals surface area contributed by atoms with E-state index in [1.807, 2.05) is 42.5 Å². The second-order valence-electron chi connectivity index (χ2n) is 5.14. The number of nitrogens with one attached hydrogen (secondary N) is 1. The monoisotopic (exact) mass is 331 g/mol. The molecule has 2 rings (SSSR count). The summed E-state index contributed by atoms with van der Waals surface area (Å²) >= 11 is 5.85. The zero-order valence-electron chi connectivity index (χ0n) is 12.8. The largest absolute Gasteiger partial charge is 0.467 e. The van der Waals surface area contributed by atoms with Gasteiger partial charge in [0.15, 0.2) is 0 Å². The van der Waals surface area contributed by atoms with Crippen LogP contribution in [0, 0.1) is 0 Å². The van der Waals surface area contributed by atoms with Crippen LogP contribution in [0.2, 0.25) is 5.02 Å². The first-order valence-corrected chi connectivity index (χ1v) is 7.62. The molecule has 0 saturated carbocycles. The van der Waals surface area contributed by atoms with Crippen molar-refractivity contribution in [1.29, 1.82) is 0 Å². The maximum absolute atomic E-state index is 12.1. The quantitative estimate of drug-likeness (QED) is 0.828. The molecule has 0 fully saturated rings. The topological polar surface area (TPSA) is 55.4 Å². The minimum absolute atomic E-state index is 0.217. The molecule has 120 valence electrons. The van der Waals surface area contributed by atoms with Gasteiger partial charge in [0.25, 0.3) is 0 Å². The fourth-order valence-electron chi connectivity index (χ4n) is 2.22. The van der Waals surface area contributed by atoms with Crippen LogP contribution in [0.4, 0.5) is 0 Å². The summed E-state index contributed by atoms with van der Waals surface area (Å²) < 4.78 is 4.78. The minimum Gasteiger partial charge on any atom is -0.467 e. The van der Waals surface area contributed by atoms with Gasteiger partial charge in [-0.1, -0.05) is 54.1 Å². The summed E-state index contributed by atoms with van der Waals surface area (Å²) in [5.41, 5.74) is 1.78. The van der Waals surface area contributed by atoms with Crippen molar-refractivity contribution in [3.8, 4) is 0 Å². The molecule has 0 aliphatic carbocycles. The van der Waals surface area contributed by atoms with Crippen molar-refractivity contribution in [1.82, 2.24) is 5.32 Å². The number of carbonyl (C=O) groups excluding carboxylic acids is 2. The molecule has 0 saturated heterocycles. The Balaban J connectivity index is 2.02. The van der Waals surface area contributed by atoms with Gasteiger partial charge in [-0.2, -0.15) is 0 Å². The number of benzene rings is 2. The predicted octanol–water partition coefficient (Wildman–Crippen LogP) is 2.78. The number of methoxy groups -OCH3 is 1. The fourth-order valence-corrected chi connectivity index (χ4v) is 2.34. The summed E-state index contributed by atoms with van der Waals surface area (Å²) in [7, 11) is 1.31. The summed E-state index contributed by atoms with van der Waals surface area (Å²) in [6, 6.07) is 15.8. The Morgan fingerprint density at radius 3 is 2.30 bits per heavy atom. The number of halogens is 1. The van der Waals surface area contributed by atoms with E-state index in [1.165, 1.54) is 7.11 Å². The molecule has 0 aliphatic rings. The van der Waals surface area contributed by atoms with Crippen LogP contribution in [0.15, 0.2) is 54.6 Å². The molecular formula is C18H18ClNO3. The summed E-state index contributed by atoms with van der Waals surface area (Å²) in [5, 5.41) is 3.35. The highest BCUT2D eigenvalue weighted by atomic mass is 35.5. The predicted molar refractivity (Wildman–Crippen MR) is 89.2 cm³/mol. The Bertz CT molecular complexity index is 656. The third-order valence-electron chi connectivity index (χ3n) is 3.38. The van der Waals surface area contributed by atoms with Crippen molar-refractivity contribution >= 4 is 23.5 Å². The minimum atomic E-state index is -0.725. The SMILES string of the molecule is COC(=O)[C@H](Cc1ccc(Cl)cc1)NC(=O)Cc1ccccc1. The van der Waals surface area contributed by atoms with Crippen molar-refractivity contribution in [2.24, 2.45) is 0 Å². The first-order valence-electron chi connectivity index (χ1n) is 7.24. The number of carbonyl (C=O) groups is 2. The first-order chi connectivity index (χ1) is 11.1. The number of amides is 1. The van der Waals surface area contributed by atoms with Gasteiger partial charge in [-0.15, -0.1) is 0 Å². The number of hydrogen-bond acceptors (Lipinski definition) is 3. The lowest BCUT2D eigenvalue weighted by Gasteiger charge is -2.16. The molecule has 4 nitrogen and oxygen atoms in total. The second kappa shape index (κ2) is 8.34. The molecule has 0 unspecified atom stereocenters. The third-order valence-corrected chi connectivity index (χ3v) is 3.63. The summed E-state index contributed by atoms with van der Waals surface area (Å²) in [6.45, 7) is 0. The van der Waals surface area contributed by atoms with Gasteiger partial charge in [-0.3, -0.25) is 4.79 Å². The molecule has 5 heteroatoms. The van der Waals surface area contributed by atoms with Crippen LogP contribution in [-0.2, 0) is 27.2 Å². The van der Waals surface area contributed by atoms with Crippen molar-refractivity contribution in [2.45, 2.75) is 18.9 Å². The maximum atomic E-state index is 12.1. The van der Waals surface area contributed by atoms with Crippen molar-refractivity contribution in [3.63, 3.8) is 0 Å². The van der Waals surface area contributed by atoms with Gasteiger partial charge in [0.05, 0.1) is 13.5 Å². The van der Waals surface area contributed by atoms with Crippen LogP contribution in [0.25, 0.3) is 0 Å². The lowest BCUT2D eigenvalue weighted by Crippen LogP contribution is -2.43. The molecule has 0 heterocycles. The highest BCUT2D eigenvalue weighted by molar-refractivity contribution is 6.30. The van der Waals surface area contributed by atoms with Crippen LogP contribution < -0.4 is 5.32 Å². The first kappa shape index (κ1) is 17.0. The Labute approximate surface area is 140 Å². The van der Waals surface area contributed by atoms with Crippen LogP contribution in [0.1, 0.15) is 11.1 Å². The number of esters is 1. The van der Waals surface area contributed by atoms with E-state index in [-0.39, 0.29) is 12.3 Å². The molecule has 1 amide bonds. The normalized spacial score (nSPS) is 11.6. The zero-order valence-corrected chi connectivity index (χ0v) is 13.5. The van der Waals surface area contributed by atoms with Crippen LogP contribution in [0.3, 0.4) is 0 Å². The smallest absolute Gasteiger partial charge is 0.328 e. The molecule has 0 aromatic heterocycles. The van der Waals surface area contributed by atoms with E-state index in [4.69, 9.17) is 16.3 Å². The van der Waals surface area contributed by atoms with E-state index in [0.717, 1.165) is 11.1 Å². The molecule has 0 radical (unpaired) electrons. The Morgan fingerprint density at radius 1 is 1.04 bits per heavy atom. The molecular weight excluding hydrogens is 314 g/mol. The van der Waals surface area contributed by atoms with Crippen molar-refractivity contribution in [2.75, 3.05) is 7.11 Å². The summed E-state index contributed by atoms with van der Waals surface area (Å²) in [5.74, 6) is -0.693. The van der Waals surface area contributed by atoms with Crippen molar-refractivity contribution < 1.29 is 14.3 Å². The summed E-state index contributed by atoms with van der Waals surface area (Å²) in [6.07, 6.45) is 0.569. The Kier molecular flexibility index (Phi) is 6.18. The highest BCUT2D eigenvalue weighted by Gasteiger charge is 2.22. The van der Waals surface area contributed by atoms with Crippen LogP contribution >= 0.6 is 11.6 Å². The van der Waals surface area contributed by atoms with Gasteiger partial charge < -0.3 is 10.1 Å². The molecule has 23 heavy (non-hydrogen) atoms. The molecule has 0 bridgehead atoms. The third kappa shape index (κ3) is 5.42. The van der Waals surface area contributed by atoms with E-state index in [0.29, 0.717) is 11.4 Å². The number of ether oxygens (including phenoxy) is 1. The van der Waals surface area contributed by atoms with E-state index >= 15 is 0 Å². The molecule has 0 aliphatic heterocycles. The average Bonchev–Trinajstić information content (AvgIpc) is 2.56. The molecule has 2 aromatic carbocycles. The maximum Gasteiger partial charge on any atom is 0.328 e. The van der Waals surface area contributed by atoms with Gasteiger partial charge in [-0.05, 0) is 23.3 Å². The van der Waals surface area contributed by atoms with Gasteiger partial charge in [0, 0.05) is 11.4 Å².